The number of rotatable bonds is 4. The fourth-order valence-electron chi connectivity index (χ4n) is 1.02. The largest absolute Gasteiger partial charge is 0.475 e. The molecule has 0 atom stereocenters. The van der Waals surface area contributed by atoms with Gasteiger partial charge in [0, 0.05) is 6.07 Å². The van der Waals surface area contributed by atoms with Crippen molar-refractivity contribution in [1.82, 2.24) is 0 Å². The maximum absolute atomic E-state index is 10.8. The van der Waals surface area contributed by atoms with Crippen LogP contribution in [0.4, 0.5) is 5.69 Å². The van der Waals surface area contributed by atoms with Crippen molar-refractivity contribution in [2.24, 2.45) is 0 Å². The molecular formula is C10H6BrNO5. The number of carboxylic acids is 1. The van der Waals surface area contributed by atoms with E-state index < -0.39 is 16.7 Å². The fourth-order valence-corrected chi connectivity index (χ4v) is 1.41. The third-order valence-corrected chi connectivity index (χ3v) is 2.48. The van der Waals surface area contributed by atoms with Gasteiger partial charge >= 0.3 is 5.97 Å². The second-order valence-electron chi connectivity index (χ2n) is 2.97. The van der Waals surface area contributed by atoms with E-state index in [1.807, 2.05) is 0 Å². The Morgan fingerprint density at radius 3 is 2.59 bits per heavy atom. The summed E-state index contributed by atoms with van der Waals surface area (Å²) in [6, 6.07) is 4.20. The molecular weight excluding hydrogens is 294 g/mol. The minimum Gasteiger partial charge on any atom is -0.475 e. The first-order valence-corrected chi connectivity index (χ1v) is 5.10. The van der Waals surface area contributed by atoms with E-state index in [4.69, 9.17) is 5.11 Å². The van der Waals surface area contributed by atoms with Crippen LogP contribution in [-0.4, -0.2) is 21.8 Å². The molecule has 7 heteroatoms. The van der Waals surface area contributed by atoms with E-state index in [0.717, 1.165) is 6.08 Å². The van der Waals surface area contributed by atoms with E-state index in [2.05, 4.69) is 15.9 Å². The number of ketones is 1. The number of hydrogen-bond acceptors (Lipinski definition) is 4. The molecule has 0 bridgehead atoms. The van der Waals surface area contributed by atoms with E-state index >= 15 is 0 Å². The molecule has 0 heterocycles. The quantitative estimate of drug-likeness (QED) is 0.397. The number of carboxylic acid groups (broad SMARTS) is 1. The molecule has 0 unspecified atom stereocenters. The molecule has 17 heavy (non-hydrogen) atoms. The van der Waals surface area contributed by atoms with Crippen molar-refractivity contribution >= 4 is 39.4 Å². The summed E-state index contributed by atoms with van der Waals surface area (Å²) in [7, 11) is 0. The first-order chi connectivity index (χ1) is 7.91. The lowest BCUT2D eigenvalue weighted by atomic mass is 10.2. The van der Waals surface area contributed by atoms with E-state index in [1.165, 1.54) is 24.3 Å². The van der Waals surface area contributed by atoms with E-state index in [9.17, 15) is 19.7 Å². The maximum atomic E-state index is 10.8. The van der Waals surface area contributed by atoms with Gasteiger partial charge in [-0.25, -0.2) is 4.79 Å². The minimum atomic E-state index is -1.58. The second-order valence-corrected chi connectivity index (χ2v) is 3.83. The Morgan fingerprint density at radius 1 is 1.41 bits per heavy atom. The third-order valence-electron chi connectivity index (χ3n) is 1.80. The Labute approximate surface area is 104 Å². The Hall–Kier alpha value is -2.02. The van der Waals surface area contributed by atoms with Crippen LogP contribution in [0.2, 0.25) is 0 Å². The average Bonchev–Trinajstić information content (AvgIpc) is 2.26. The summed E-state index contributed by atoms with van der Waals surface area (Å²) < 4.78 is 0.309. The van der Waals surface area contributed by atoms with Crippen LogP contribution in [0.1, 0.15) is 5.56 Å². The van der Waals surface area contributed by atoms with E-state index in [0.29, 0.717) is 10.0 Å². The zero-order valence-electron chi connectivity index (χ0n) is 8.29. The molecule has 1 N–H and O–H groups in total. The Balaban J connectivity index is 3.01. The first kappa shape index (κ1) is 13.0. The van der Waals surface area contributed by atoms with Crippen LogP contribution in [0.15, 0.2) is 28.7 Å². The van der Waals surface area contributed by atoms with Crippen LogP contribution >= 0.6 is 15.9 Å². The number of nitro benzene ring substituents is 1. The van der Waals surface area contributed by atoms with Crippen molar-refractivity contribution in [2.75, 3.05) is 0 Å². The number of hydrogen-bond donors (Lipinski definition) is 1. The zero-order chi connectivity index (χ0) is 13.0. The molecule has 1 aromatic carbocycles. The number of halogens is 1. The van der Waals surface area contributed by atoms with Crippen molar-refractivity contribution in [3.8, 4) is 0 Å². The summed E-state index contributed by atoms with van der Waals surface area (Å²) in [5, 5.41) is 18.9. The predicted octanol–water partition coefficient (Wildman–Crippen LogP) is 2.02. The normalized spacial score (nSPS) is 10.4. The van der Waals surface area contributed by atoms with Crippen LogP contribution in [0, 0.1) is 10.1 Å². The number of nitro groups is 1. The molecule has 0 spiro atoms. The van der Waals surface area contributed by atoms with Gasteiger partial charge in [0.15, 0.2) is 0 Å². The van der Waals surface area contributed by atoms with Gasteiger partial charge in [-0.3, -0.25) is 14.9 Å². The predicted molar refractivity (Wildman–Crippen MR) is 62.5 cm³/mol. The van der Waals surface area contributed by atoms with Crippen LogP contribution in [0.5, 0.6) is 0 Å². The van der Waals surface area contributed by atoms with Crippen molar-refractivity contribution in [2.45, 2.75) is 0 Å². The lowest BCUT2D eigenvalue weighted by Crippen LogP contribution is -2.08. The summed E-state index contributed by atoms with van der Waals surface area (Å²) in [6.45, 7) is 0. The highest BCUT2D eigenvalue weighted by atomic mass is 79.9. The SMILES string of the molecule is O=C(O)C(=O)/C=C/c1ccc(Br)c([N+](=O)[O-])c1. The summed E-state index contributed by atoms with van der Waals surface area (Å²) in [5.41, 5.74) is 0.212. The van der Waals surface area contributed by atoms with Gasteiger partial charge in [-0.05, 0) is 33.6 Å². The van der Waals surface area contributed by atoms with Gasteiger partial charge in [-0.2, -0.15) is 0 Å². The third kappa shape index (κ3) is 3.49. The molecule has 0 aliphatic rings. The number of carbonyl (C=O) groups excluding carboxylic acids is 1. The number of aliphatic carboxylic acids is 1. The van der Waals surface area contributed by atoms with Crippen molar-refractivity contribution in [3.63, 3.8) is 0 Å². The smallest absolute Gasteiger partial charge is 0.376 e. The molecule has 88 valence electrons. The molecule has 0 aliphatic heterocycles. The Bertz CT molecular complexity index is 523. The molecule has 0 fully saturated rings. The van der Waals surface area contributed by atoms with Gasteiger partial charge in [0.25, 0.3) is 11.5 Å². The highest BCUT2D eigenvalue weighted by molar-refractivity contribution is 9.10. The van der Waals surface area contributed by atoms with Crippen LogP contribution in [0.3, 0.4) is 0 Å². The van der Waals surface area contributed by atoms with Gasteiger partial charge in [0.2, 0.25) is 0 Å². The standard InChI is InChI=1S/C10H6BrNO5/c11-7-3-1-6(5-8(7)12(16)17)2-4-9(13)10(14)15/h1-5H,(H,14,15)/b4-2+. The Kier molecular flexibility index (Phi) is 4.11. The number of benzene rings is 1. The summed E-state index contributed by atoms with van der Waals surface area (Å²) in [6.07, 6.45) is 2.05. The molecule has 1 aromatic rings. The molecule has 0 aliphatic carbocycles. The van der Waals surface area contributed by atoms with Gasteiger partial charge in [0.1, 0.15) is 0 Å². The summed E-state index contributed by atoms with van der Waals surface area (Å²) in [4.78, 5) is 31.0. The van der Waals surface area contributed by atoms with Crippen LogP contribution in [-0.2, 0) is 9.59 Å². The van der Waals surface area contributed by atoms with Crippen LogP contribution < -0.4 is 0 Å². The van der Waals surface area contributed by atoms with Crippen molar-refractivity contribution in [1.29, 1.82) is 0 Å². The van der Waals surface area contributed by atoms with Crippen molar-refractivity contribution in [3.05, 3.63) is 44.4 Å². The maximum Gasteiger partial charge on any atom is 0.376 e. The van der Waals surface area contributed by atoms with Gasteiger partial charge < -0.3 is 5.11 Å². The minimum absolute atomic E-state index is 0.157. The van der Waals surface area contributed by atoms with Crippen molar-refractivity contribution < 1.29 is 19.6 Å². The molecule has 0 amide bonds. The molecule has 1 rings (SSSR count). The summed E-state index contributed by atoms with van der Waals surface area (Å²) in [5.74, 6) is -2.66. The summed E-state index contributed by atoms with van der Waals surface area (Å²) >= 11 is 3.01. The molecule has 0 aromatic heterocycles. The topological polar surface area (TPSA) is 97.5 Å². The van der Waals surface area contributed by atoms with Gasteiger partial charge in [0.05, 0.1) is 9.40 Å². The number of carbonyl (C=O) groups is 2. The molecule has 6 nitrogen and oxygen atoms in total. The first-order valence-electron chi connectivity index (χ1n) is 4.31. The van der Waals surface area contributed by atoms with Crippen LogP contribution in [0.25, 0.3) is 6.08 Å². The number of nitrogens with zero attached hydrogens (tertiary/aromatic N) is 1. The van der Waals surface area contributed by atoms with E-state index in [1.54, 1.807) is 0 Å². The molecule has 0 saturated carbocycles. The van der Waals surface area contributed by atoms with Gasteiger partial charge in [-0.15, -0.1) is 0 Å². The Morgan fingerprint density at radius 2 is 2.06 bits per heavy atom. The monoisotopic (exact) mass is 299 g/mol. The zero-order valence-corrected chi connectivity index (χ0v) is 9.88. The highest BCUT2D eigenvalue weighted by Gasteiger charge is 2.12. The lowest BCUT2D eigenvalue weighted by molar-refractivity contribution is -0.385. The highest BCUT2D eigenvalue weighted by Crippen LogP contribution is 2.25. The fraction of sp³-hybridized carbons (Fsp3) is 0. The molecule has 0 saturated heterocycles. The van der Waals surface area contributed by atoms with Gasteiger partial charge in [-0.1, -0.05) is 12.1 Å². The second kappa shape index (κ2) is 5.35. The average molecular weight is 300 g/mol. The lowest BCUT2D eigenvalue weighted by Gasteiger charge is -1.97. The van der Waals surface area contributed by atoms with E-state index in [-0.39, 0.29) is 5.69 Å². The molecule has 0 radical (unpaired) electrons.